The molecular formula is C8H17NO7P2. The van der Waals surface area contributed by atoms with E-state index in [-0.39, 0.29) is 0 Å². The third kappa shape index (κ3) is 20.7. The Balaban J connectivity index is 0. The summed E-state index contributed by atoms with van der Waals surface area (Å²) in [6, 6.07) is 7.10. The van der Waals surface area contributed by atoms with Gasteiger partial charge in [-0.25, -0.2) is 0 Å². The van der Waals surface area contributed by atoms with E-state index in [2.05, 4.69) is 0 Å². The van der Waals surface area contributed by atoms with E-state index in [0.717, 1.165) is 6.42 Å². The molecule has 0 aromatic heterocycles. The van der Waals surface area contributed by atoms with Crippen LogP contribution in [-0.4, -0.2) is 31.2 Å². The molecule has 8 nitrogen and oxygen atoms in total. The molecule has 0 spiro atoms. The van der Waals surface area contributed by atoms with E-state index in [1.807, 2.05) is 12.1 Å². The first kappa shape index (κ1) is 19.6. The summed E-state index contributed by atoms with van der Waals surface area (Å²) in [5.41, 5.74) is 6.50. The zero-order valence-electron chi connectivity index (χ0n) is 9.35. The van der Waals surface area contributed by atoms with Gasteiger partial charge in [-0.1, -0.05) is 12.1 Å². The van der Waals surface area contributed by atoms with Gasteiger partial charge in [0.1, 0.15) is 5.75 Å². The minimum atomic E-state index is -3.13. The van der Waals surface area contributed by atoms with E-state index in [1.165, 1.54) is 5.56 Å². The first-order valence-electron chi connectivity index (χ1n) is 4.61. The van der Waals surface area contributed by atoms with Crippen LogP contribution in [0.2, 0.25) is 0 Å². The lowest BCUT2D eigenvalue weighted by atomic mass is 10.1. The van der Waals surface area contributed by atoms with Crippen LogP contribution in [-0.2, 0) is 15.6 Å². The molecule has 0 aliphatic rings. The molecule has 0 amide bonds. The van der Waals surface area contributed by atoms with Crippen molar-refractivity contribution in [3.63, 3.8) is 0 Å². The average molecular weight is 301 g/mol. The van der Waals surface area contributed by atoms with Crippen molar-refractivity contribution in [3.8, 4) is 5.75 Å². The lowest BCUT2D eigenvalue weighted by Gasteiger charge is -1.96. The second-order valence-corrected chi connectivity index (χ2v) is 3.90. The van der Waals surface area contributed by atoms with E-state index in [1.54, 1.807) is 12.1 Å². The lowest BCUT2D eigenvalue weighted by Crippen LogP contribution is -2.01. The van der Waals surface area contributed by atoms with Crippen LogP contribution in [0.1, 0.15) is 5.56 Å². The van der Waals surface area contributed by atoms with E-state index in [4.69, 9.17) is 39.5 Å². The SMILES string of the molecule is NCCc1ccc(O)cc1.O=[PH](O)O.O=[PH](O)O. The second-order valence-electron chi connectivity index (χ2n) is 2.77. The molecule has 0 aliphatic carbocycles. The first-order chi connectivity index (χ1) is 8.29. The third-order valence-electron chi connectivity index (χ3n) is 1.37. The molecule has 10 heteroatoms. The van der Waals surface area contributed by atoms with Gasteiger partial charge in [-0.05, 0) is 30.7 Å². The highest BCUT2D eigenvalue weighted by Crippen LogP contribution is 2.09. The van der Waals surface area contributed by atoms with Crippen molar-refractivity contribution < 1.29 is 33.8 Å². The van der Waals surface area contributed by atoms with Crippen LogP contribution in [0.25, 0.3) is 0 Å². The molecule has 0 atom stereocenters. The van der Waals surface area contributed by atoms with Gasteiger partial charge in [-0.2, -0.15) is 0 Å². The summed E-state index contributed by atoms with van der Waals surface area (Å²) in [5, 5.41) is 8.89. The maximum atomic E-state index is 8.89. The van der Waals surface area contributed by atoms with Crippen molar-refractivity contribution in [1.82, 2.24) is 0 Å². The zero-order chi connectivity index (χ0) is 14.6. The third-order valence-corrected chi connectivity index (χ3v) is 1.37. The van der Waals surface area contributed by atoms with Crippen LogP contribution < -0.4 is 5.73 Å². The largest absolute Gasteiger partial charge is 0.508 e. The number of nitrogens with two attached hydrogens (primary N) is 1. The summed E-state index contributed by atoms with van der Waals surface area (Å²) >= 11 is 0. The number of rotatable bonds is 2. The van der Waals surface area contributed by atoms with Crippen LogP contribution in [0.5, 0.6) is 5.75 Å². The van der Waals surface area contributed by atoms with E-state index in [0.29, 0.717) is 12.3 Å². The molecule has 1 aromatic rings. The van der Waals surface area contributed by atoms with Crippen molar-refractivity contribution in [1.29, 1.82) is 0 Å². The molecule has 18 heavy (non-hydrogen) atoms. The van der Waals surface area contributed by atoms with E-state index < -0.39 is 16.5 Å². The predicted molar refractivity (Wildman–Crippen MR) is 67.7 cm³/mol. The minimum Gasteiger partial charge on any atom is -0.508 e. The Morgan fingerprint density at radius 3 is 1.56 bits per heavy atom. The van der Waals surface area contributed by atoms with Crippen LogP contribution in [0, 0.1) is 0 Å². The smallest absolute Gasteiger partial charge is 0.314 e. The zero-order valence-corrected chi connectivity index (χ0v) is 11.4. The summed E-state index contributed by atoms with van der Waals surface area (Å²) in [7, 11) is -6.26. The van der Waals surface area contributed by atoms with Crippen molar-refractivity contribution in [2.24, 2.45) is 5.73 Å². The van der Waals surface area contributed by atoms with Crippen molar-refractivity contribution in [3.05, 3.63) is 29.8 Å². The topological polar surface area (TPSA) is 161 Å². The van der Waals surface area contributed by atoms with Gasteiger partial charge in [0.2, 0.25) is 0 Å². The Bertz CT molecular complexity index is 337. The summed E-state index contributed by atoms with van der Waals surface area (Å²) in [4.78, 5) is 28.6. The number of phenolic OH excluding ortho intramolecular Hbond substituents is 1. The Morgan fingerprint density at radius 1 is 0.944 bits per heavy atom. The van der Waals surface area contributed by atoms with Crippen LogP contribution >= 0.6 is 16.5 Å². The van der Waals surface area contributed by atoms with Crippen molar-refractivity contribution >= 4 is 16.5 Å². The molecule has 0 aliphatic heterocycles. The quantitative estimate of drug-likeness (QED) is 0.402. The van der Waals surface area contributed by atoms with Crippen LogP contribution in [0.3, 0.4) is 0 Å². The molecule has 0 unspecified atom stereocenters. The van der Waals surface area contributed by atoms with E-state index >= 15 is 0 Å². The minimum absolute atomic E-state index is 0.306. The molecular weight excluding hydrogens is 284 g/mol. The van der Waals surface area contributed by atoms with Gasteiger partial charge in [-0.15, -0.1) is 0 Å². The maximum Gasteiger partial charge on any atom is 0.314 e. The number of hydrogen-bond donors (Lipinski definition) is 6. The molecule has 0 fully saturated rings. The molecule has 106 valence electrons. The predicted octanol–water partition coefficient (Wildman–Crippen LogP) is -0.385. The Morgan fingerprint density at radius 2 is 1.28 bits per heavy atom. The highest BCUT2D eigenvalue weighted by atomic mass is 31.1. The molecule has 0 bridgehead atoms. The fourth-order valence-electron chi connectivity index (χ4n) is 0.829. The van der Waals surface area contributed by atoms with Crippen molar-refractivity contribution in [2.45, 2.75) is 6.42 Å². The Kier molecular flexibility index (Phi) is 13.9. The van der Waals surface area contributed by atoms with Crippen LogP contribution in [0.4, 0.5) is 0 Å². The average Bonchev–Trinajstić information content (AvgIpc) is 2.20. The van der Waals surface area contributed by atoms with Gasteiger partial charge < -0.3 is 30.4 Å². The molecule has 1 rings (SSSR count). The monoisotopic (exact) mass is 301 g/mol. The van der Waals surface area contributed by atoms with Gasteiger partial charge in [-0.3, -0.25) is 9.13 Å². The van der Waals surface area contributed by atoms with Crippen LogP contribution in [0.15, 0.2) is 24.3 Å². The normalized spacial score (nSPS) is 9.28. The second kappa shape index (κ2) is 12.7. The molecule has 1 aromatic carbocycles. The molecule has 0 saturated heterocycles. The van der Waals surface area contributed by atoms with Gasteiger partial charge in [0.05, 0.1) is 0 Å². The first-order valence-corrected chi connectivity index (χ1v) is 7.21. The molecule has 7 N–H and O–H groups in total. The molecule has 0 heterocycles. The lowest BCUT2D eigenvalue weighted by molar-refractivity contribution is 0.403. The Labute approximate surface area is 105 Å². The van der Waals surface area contributed by atoms with Gasteiger partial charge in [0.15, 0.2) is 0 Å². The number of phenols is 1. The fourth-order valence-corrected chi connectivity index (χ4v) is 0.829. The van der Waals surface area contributed by atoms with Gasteiger partial charge in [0, 0.05) is 0 Å². The van der Waals surface area contributed by atoms with E-state index in [9.17, 15) is 0 Å². The number of aromatic hydroxyl groups is 1. The summed E-state index contributed by atoms with van der Waals surface area (Å²) in [5.74, 6) is 0.306. The van der Waals surface area contributed by atoms with Gasteiger partial charge >= 0.3 is 16.5 Å². The number of benzene rings is 1. The highest BCUT2D eigenvalue weighted by Gasteiger charge is 1.89. The molecule has 0 saturated carbocycles. The maximum absolute atomic E-state index is 8.89. The fraction of sp³-hybridized carbons (Fsp3) is 0.250. The number of hydrogen-bond acceptors (Lipinski definition) is 4. The molecule has 0 radical (unpaired) electrons. The standard InChI is InChI=1S/C8H11NO.2H3O3P/c9-6-5-7-1-3-8(10)4-2-7;2*1-4(2)3/h1-4,10H,5-6,9H2;2*4H,(H2,1,2,3). The highest BCUT2D eigenvalue weighted by molar-refractivity contribution is 7.31. The Hall–Kier alpha value is -0.720. The summed E-state index contributed by atoms with van der Waals surface area (Å²) in [6.45, 7) is 0.658. The van der Waals surface area contributed by atoms with Gasteiger partial charge in [0.25, 0.3) is 0 Å². The summed E-state index contributed by atoms with van der Waals surface area (Å²) < 4.78 is 17.5. The summed E-state index contributed by atoms with van der Waals surface area (Å²) in [6.07, 6.45) is 0.875. The van der Waals surface area contributed by atoms with Crippen molar-refractivity contribution in [2.75, 3.05) is 6.54 Å².